The van der Waals surface area contributed by atoms with Gasteiger partial charge >= 0.3 is 6.09 Å². The van der Waals surface area contributed by atoms with Gasteiger partial charge in [0, 0.05) is 17.9 Å². The lowest BCUT2D eigenvalue weighted by Crippen LogP contribution is -2.49. The van der Waals surface area contributed by atoms with Crippen molar-refractivity contribution in [2.45, 2.75) is 90.3 Å². The lowest BCUT2D eigenvalue weighted by Gasteiger charge is -2.40. The summed E-state index contributed by atoms with van der Waals surface area (Å²) >= 11 is 0. The molecule has 0 N–H and O–H groups in total. The van der Waals surface area contributed by atoms with Gasteiger partial charge in [0.2, 0.25) is 6.54 Å². The molecule has 0 radical (unpaired) electrons. The van der Waals surface area contributed by atoms with Gasteiger partial charge in [0.25, 0.3) is 0 Å². The molecule has 0 aromatic rings. The summed E-state index contributed by atoms with van der Waals surface area (Å²) in [5.41, 5.74) is -0.594. The van der Waals surface area contributed by atoms with Crippen molar-refractivity contribution in [3.63, 3.8) is 0 Å². The van der Waals surface area contributed by atoms with E-state index in [2.05, 4.69) is 33.9 Å². The molecule has 1 heterocycles. The molecule has 0 saturated carbocycles. The van der Waals surface area contributed by atoms with E-state index in [0.29, 0.717) is 13.0 Å². The first-order valence-electron chi connectivity index (χ1n) is 8.93. The van der Waals surface area contributed by atoms with Gasteiger partial charge in [0.15, 0.2) is 8.32 Å². The number of likely N-dealkylation sites (tertiary alicyclic amines) is 1. The van der Waals surface area contributed by atoms with E-state index < -0.39 is 20.0 Å². The number of carbonyl (C=O) groups excluding carboxylic acids is 1. The van der Waals surface area contributed by atoms with Crippen molar-refractivity contribution >= 4 is 14.4 Å². The van der Waals surface area contributed by atoms with E-state index in [9.17, 15) is 14.9 Å². The van der Waals surface area contributed by atoms with Crippen LogP contribution < -0.4 is 0 Å². The number of carbonyl (C=O) groups is 1. The summed E-state index contributed by atoms with van der Waals surface area (Å²) in [4.78, 5) is 24.6. The van der Waals surface area contributed by atoms with Crippen LogP contribution in [0.5, 0.6) is 0 Å². The average molecular weight is 375 g/mol. The van der Waals surface area contributed by atoms with Gasteiger partial charge < -0.3 is 14.1 Å². The fourth-order valence-electron chi connectivity index (χ4n) is 2.64. The van der Waals surface area contributed by atoms with Gasteiger partial charge in [-0.05, 0) is 45.3 Å². The summed E-state index contributed by atoms with van der Waals surface area (Å²) in [6.07, 6.45) is 0.384. The van der Waals surface area contributed by atoms with Crippen molar-refractivity contribution in [1.82, 2.24) is 4.90 Å². The van der Waals surface area contributed by atoms with Gasteiger partial charge in [-0.25, -0.2) is 4.79 Å². The molecule has 0 spiro atoms. The molecule has 7 nitrogen and oxygen atoms in total. The van der Waals surface area contributed by atoms with Gasteiger partial charge in [-0.3, -0.25) is 10.1 Å². The number of nitrogens with zero attached hydrogens (tertiary/aromatic N) is 2. The van der Waals surface area contributed by atoms with E-state index in [0.717, 1.165) is 0 Å². The van der Waals surface area contributed by atoms with Crippen molar-refractivity contribution in [3.8, 4) is 0 Å². The highest BCUT2D eigenvalue weighted by atomic mass is 28.4. The zero-order valence-corrected chi connectivity index (χ0v) is 17.9. The van der Waals surface area contributed by atoms with E-state index in [1.165, 1.54) is 0 Å². The topological polar surface area (TPSA) is 81.9 Å². The maximum absolute atomic E-state index is 12.5. The standard InChI is InChI=1S/C17H34N2O5Si/c1-16(2,3)23-15(20)18-11-10-14(13(18)9-12-19(21)22)24-25(7,8)17(4,5)6/h13-14H,9-12H2,1-8H3. The summed E-state index contributed by atoms with van der Waals surface area (Å²) in [5, 5.41) is 10.9. The molecule has 8 heteroatoms. The Bertz CT molecular complexity index is 496. The largest absolute Gasteiger partial charge is 0.444 e. The van der Waals surface area contributed by atoms with Crippen LogP contribution >= 0.6 is 0 Å². The highest BCUT2D eigenvalue weighted by Crippen LogP contribution is 2.39. The molecule has 1 aliphatic rings. The number of amides is 1. The lowest BCUT2D eigenvalue weighted by molar-refractivity contribution is -0.481. The predicted octanol–water partition coefficient (Wildman–Crippen LogP) is 4.05. The van der Waals surface area contributed by atoms with Crippen LogP contribution in [0.3, 0.4) is 0 Å². The monoisotopic (exact) mass is 374 g/mol. The molecule has 1 rings (SSSR count). The molecule has 1 amide bonds. The second-order valence-electron chi connectivity index (χ2n) is 9.29. The molecule has 2 atom stereocenters. The molecule has 1 saturated heterocycles. The first-order valence-corrected chi connectivity index (χ1v) is 11.8. The minimum Gasteiger partial charge on any atom is -0.444 e. The highest BCUT2D eigenvalue weighted by molar-refractivity contribution is 6.74. The van der Waals surface area contributed by atoms with Gasteiger partial charge in [-0.2, -0.15) is 0 Å². The van der Waals surface area contributed by atoms with E-state index in [1.807, 2.05) is 20.8 Å². The third-order valence-electron chi connectivity index (χ3n) is 4.97. The fraction of sp³-hybridized carbons (Fsp3) is 0.941. The average Bonchev–Trinajstić information content (AvgIpc) is 2.75. The third-order valence-corrected chi connectivity index (χ3v) is 9.48. The molecular formula is C17H34N2O5Si. The molecule has 1 fully saturated rings. The molecule has 2 unspecified atom stereocenters. The maximum Gasteiger partial charge on any atom is 0.410 e. The quantitative estimate of drug-likeness (QED) is 0.412. The second-order valence-corrected chi connectivity index (χ2v) is 14.0. The minimum absolute atomic E-state index is 0.0417. The minimum atomic E-state index is -2.03. The van der Waals surface area contributed by atoms with Gasteiger partial charge in [-0.15, -0.1) is 0 Å². The number of rotatable bonds is 5. The number of ether oxygens (including phenoxy) is 1. The summed E-state index contributed by atoms with van der Waals surface area (Å²) in [7, 11) is -2.03. The van der Waals surface area contributed by atoms with E-state index >= 15 is 0 Å². The van der Waals surface area contributed by atoms with Gasteiger partial charge in [0.05, 0.1) is 12.1 Å². The van der Waals surface area contributed by atoms with E-state index in [1.54, 1.807) is 4.90 Å². The Hall–Kier alpha value is -1.15. The fourth-order valence-corrected chi connectivity index (χ4v) is 4.03. The number of hydrogen-bond acceptors (Lipinski definition) is 5. The molecule has 1 aliphatic heterocycles. The maximum atomic E-state index is 12.5. The first kappa shape index (κ1) is 21.9. The molecule has 146 valence electrons. The lowest BCUT2D eigenvalue weighted by atomic mass is 10.1. The summed E-state index contributed by atoms with van der Waals surface area (Å²) < 4.78 is 12.0. The molecule has 25 heavy (non-hydrogen) atoms. The Morgan fingerprint density at radius 1 is 1.24 bits per heavy atom. The van der Waals surface area contributed by atoms with E-state index in [4.69, 9.17) is 9.16 Å². The zero-order chi connectivity index (χ0) is 19.6. The molecular weight excluding hydrogens is 340 g/mol. The number of hydrogen-bond donors (Lipinski definition) is 0. The summed E-state index contributed by atoms with van der Waals surface area (Å²) in [6, 6.07) is -0.311. The summed E-state index contributed by atoms with van der Waals surface area (Å²) in [6.45, 7) is 16.6. The molecule has 0 aromatic carbocycles. The van der Waals surface area contributed by atoms with Gasteiger partial charge in [0.1, 0.15) is 5.60 Å². The van der Waals surface area contributed by atoms with Crippen molar-refractivity contribution in [2.24, 2.45) is 0 Å². The van der Waals surface area contributed by atoms with Crippen LogP contribution in [0.4, 0.5) is 4.79 Å². The second kappa shape index (κ2) is 7.61. The summed E-state index contributed by atoms with van der Waals surface area (Å²) in [5.74, 6) is 0. The highest BCUT2D eigenvalue weighted by Gasteiger charge is 2.46. The van der Waals surface area contributed by atoms with Crippen LogP contribution in [-0.2, 0) is 9.16 Å². The Morgan fingerprint density at radius 3 is 2.24 bits per heavy atom. The Kier molecular flexibility index (Phi) is 6.67. The molecule has 0 bridgehead atoms. The van der Waals surface area contributed by atoms with E-state index in [-0.39, 0.29) is 35.1 Å². The zero-order valence-electron chi connectivity index (χ0n) is 16.9. The van der Waals surface area contributed by atoms with Crippen LogP contribution in [-0.4, -0.2) is 55.1 Å². The predicted molar refractivity (Wildman–Crippen MR) is 99.9 cm³/mol. The molecule has 0 aromatic heterocycles. The van der Waals surface area contributed by atoms with Crippen molar-refractivity contribution in [1.29, 1.82) is 0 Å². The smallest absolute Gasteiger partial charge is 0.410 e. The van der Waals surface area contributed by atoms with Crippen LogP contribution in [0.15, 0.2) is 0 Å². The van der Waals surface area contributed by atoms with Crippen LogP contribution in [0.1, 0.15) is 54.4 Å². The third kappa shape index (κ3) is 6.25. The van der Waals surface area contributed by atoms with Crippen LogP contribution in [0, 0.1) is 10.1 Å². The molecule has 0 aliphatic carbocycles. The van der Waals surface area contributed by atoms with Crippen molar-refractivity contribution in [2.75, 3.05) is 13.1 Å². The van der Waals surface area contributed by atoms with Crippen molar-refractivity contribution in [3.05, 3.63) is 10.1 Å². The van der Waals surface area contributed by atoms with Crippen LogP contribution in [0.2, 0.25) is 18.1 Å². The Morgan fingerprint density at radius 2 is 1.80 bits per heavy atom. The number of nitro groups is 1. The first-order chi connectivity index (χ1) is 11.1. The Labute approximate surface area is 152 Å². The van der Waals surface area contributed by atoms with Gasteiger partial charge in [-0.1, -0.05) is 20.8 Å². The Balaban J connectivity index is 2.94. The SMILES string of the molecule is CC(C)(C)OC(=O)N1CCC(O[Si](C)(C)C(C)(C)C)C1CC[N+](=O)[O-]. The van der Waals surface area contributed by atoms with Crippen molar-refractivity contribution < 1.29 is 18.9 Å². The van der Waals surface area contributed by atoms with Crippen LogP contribution in [0.25, 0.3) is 0 Å². The normalized spacial score (nSPS) is 22.2.